The van der Waals surface area contributed by atoms with Crippen molar-refractivity contribution in [1.29, 1.82) is 0 Å². The summed E-state index contributed by atoms with van der Waals surface area (Å²) in [5.74, 6) is -56.0. The molecule has 0 amide bonds. The highest BCUT2D eigenvalue weighted by molar-refractivity contribution is 14.1. The predicted molar refractivity (Wildman–Crippen MR) is 120 cm³/mol. The van der Waals surface area contributed by atoms with Crippen molar-refractivity contribution in [1.82, 2.24) is 0 Å². The average molecular weight is 760 g/mol. The van der Waals surface area contributed by atoms with Gasteiger partial charge in [0.15, 0.2) is 8.32 Å². The molecule has 0 aromatic carbocycles. The highest BCUT2D eigenvalue weighted by Gasteiger charge is 2.95. The molecule has 0 radical (unpaired) electrons. The minimum atomic E-state index is -8.60. The number of hydrogen-bond acceptors (Lipinski definition) is 1. The normalized spacial score (nSPS) is 16.9. The molecular weight excluding hydrogens is 734 g/mol. The zero-order valence-corrected chi connectivity index (χ0v) is 24.5. The summed E-state index contributed by atoms with van der Waals surface area (Å²) in [6.07, 6.45) is -10.6. The third-order valence-electron chi connectivity index (χ3n) is 6.45. The molecule has 0 heterocycles. The predicted octanol–water partition coefficient (Wildman–Crippen LogP) is 10.4. The number of alkyl halides is 18. The Morgan fingerprint density at radius 1 is 0.575 bits per heavy atom. The molecule has 0 saturated heterocycles. The van der Waals surface area contributed by atoms with Gasteiger partial charge in [0.2, 0.25) is 0 Å². The lowest BCUT2D eigenvalue weighted by molar-refractivity contribution is -0.461. The maximum Gasteiger partial charge on any atom is 0.460 e. The Kier molecular flexibility index (Phi) is 11.6. The quantitative estimate of drug-likeness (QED) is 0.0564. The minimum Gasteiger partial charge on any atom is -0.417 e. The molecule has 0 aromatic rings. The molecule has 0 fully saturated rings. The van der Waals surface area contributed by atoms with Crippen molar-refractivity contribution in [2.45, 2.75) is 116 Å². The van der Waals surface area contributed by atoms with Crippen LogP contribution in [0.25, 0.3) is 0 Å². The van der Waals surface area contributed by atoms with Crippen LogP contribution in [-0.2, 0) is 4.43 Å². The molecule has 0 spiro atoms. The maximum absolute atomic E-state index is 14.1. The van der Waals surface area contributed by atoms with Gasteiger partial charge in [-0.25, -0.2) is 0 Å². The van der Waals surface area contributed by atoms with Crippen molar-refractivity contribution in [3.8, 4) is 0 Å². The van der Waals surface area contributed by atoms with E-state index in [0.717, 1.165) is 22.6 Å². The molecule has 0 aliphatic heterocycles. The van der Waals surface area contributed by atoms with E-state index in [1.165, 1.54) is 0 Å². The molecule has 1 nitrogen and oxygen atoms in total. The van der Waals surface area contributed by atoms with Crippen LogP contribution in [-0.4, -0.2) is 66.5 Å². The summed E-state index contributed by atoms with van der Waals surface area (Å²) in [6.45, 7) is 9.46. The fourth-order valence-electron chi connectivity index (χ4n) is 2.72. The molecule has 1 atom stereocenters. The summed E-state index contributed by atoms with van der Waals surface area (Å²) in [7, 11) is -2.23. The first-order valence-corrected chi connectivity index (χ1v) is 15.2. The fraction of sp³-hybridized carbons (Fsp3) is 1.00. The zero-order valence-electron chi connectivity index (χ0n) is 21.3. The molecule has 0 aliphatic rings. The topological polar surface area (TPSA) is 9.23 Å². The number of rotatable bonds is 14. The van der Waals surface area contributed by atoms with Gasteiger partial charge >= 0.3 is 47.6 Å². The summed E-state index contributed by atoms with van der Waals surface area (Å²) in [5, 5.41) is -0.219. The second kappa shape index (κ2) is 11.7. The van der Waals surface area contributed by atoms with E-state index in [1.807, 2.05) is 33.9 Å². The molecular formula is C20H26F17IOSi. The first-order valence-electron chi connectivity index (χ1n) is 11.1. The molecule has 1 unspecified atom stereocenters. The molecule has 0 aliphatic carbocycles. The van der Waals surface area contributed by atoms with Crippen molar-refractivity contribution in [2.75, 3.05) is 6.61 Å². The second-order valence-electron chi connectivity index (χ2n) is 10.6. The molecule has 0 rings (SSSR count). The molecule has 0 bridgehead atoms. The van der Waals surface area contributed by atoms with Gasteiger partial charge in [0, 0.05) is 17.0 Å². The Morgan fingerprint density at radius 3 is 1.27 bits per heavy atom. The number of halogens is 18. The van der Waals surface area contributed by atoms with E-state index < -0.39 is 72.7 Å². The van der Waals surface area contributed by atoms with Gasteiger partial charge in [-0.3, -0.25) is 0 Å². The van der Waals surface area contributed by atoms with Crippen LogP contribution in [0.4, 0.5) is 74.6 Å². The summed E-state index contributed by atoms with van der Waals surface area (Å²) < 4.78 is 231. The summed E-state index contributed by atoms with van der Waals surface area (Å²) in [5.41, 5.74) is 0. The van der Waals surface area contributed by atoms with Crippen molar-refractivity contribution in [3.63, 3.8) is 0 Å². The molecule has 40 heavy (non-hydrogen) atoms. The van der Waals surface area contributed by atoms with Gasteiger partial charge in [-0.05, 0) is 31.0 Å². The van der Waals surface area contributed by atoms with E-state index in [0.29, 0.717) is 0 Å². The van der Waals surface area contributed by atoms with Crippen molar-refractivity contribution >= 4 is 30.9 Å². The first-order chi connectivity index (χ1) is 17.1. The number of hydrogen-bond donors (Lipinski definition) is 0. The first kappa shape index (κ1) is 39.7. The van der Waals surface area contributed by atoms with Gasteiger partial charge in [0.05, 0.1) is 0 Å². The van der Waals surface area contributed by atoms with E-state index in [4.69, 9.17) is 4.43 Å². The van der Waals surface area contributed by atoms with Gasteiger partial charge in [-0.15, -0.1) is 0 Å². The summed E-state index contributed by atoms with van der Waals surface area (Å²) in [4.78, 5) is 0. The number of unbranched alkanes of at least 4 members (excludes halogenated alkanes) is 1. The van der Waals surface area contributed by atoms with Gasteiger partial charge in [-0.2, -0.15) is 74.6 Å². The lowest BCUT2D eigenvalue weighted by Gasteiger charge is -2.43. The molecule has 0 N–H and O–H groups in total. The zero-order chi connectivity index (χ0) is 32.8. The van der Waals surface area contributed by atoms with Gasteiger partial charge in [0.25, 0.3) is 0 Å². The summed E-state index contributed by atoms with van der Waals surface area (Å²) in [6, 6.07) is 0. The summed E-state index contributed by atoms with van der Waals surface area (Å²) >= 11 is 1.01. The van der Waals surface area contributed by atoms with Crippen LogP contribution < -0.4 is 0 Å². The van der Waals surface area contributed by atoms with Crippen LogP contribution in [0, 0.1) is 0 Å². The molecule has 242 valence electrons. The second-order valence-corrected chi connectivity index (χ2v) is 17.1. The van der Waals surface area contributed by atoms with Crippen molar-refractivity contribution in [2.24, 2.45) is 0 Å². The van der Waals surface area contributed by atoms with Crippen molar-refractivity contribution < 1.29 is 79.1 Å². The minimum absolute atomic E-state index is 0.0622. The Hall–Kier alpha value is -0.283. The Balaban J connectivity index is 5.84. The van der Waals surface area contributed by atoms with Gasteiger partial charge < -0.3 is 4.43 Å². The maximum atomic E-state index is 14.1. The van der Waals surface area contributed by atoms with Crippen molar-refractivity contribution in [3.05, 3.63) is 0 Å². The lowest BCUT2D eigenvalue weighted by atomic mass is 9.87. The van der Waals surface area contributed by atoms with E-state index in [2.05, 4.69) is 0 Å². The molecule has 0 saturated carbocycles. The van der Waals surface area contributed by atoms with Crippen LogP contribution in [0.2, 0.25) is 18.1 Å². The Bertz CT molecular complexity index is 849. The molecule has 20 heteroatoms. The standard InChI is InChI=1S/C20H26F17IOSi/c1-12(2,3)40(4,5)39-9-7-6-8-11(38)10-13(21,22)14(23,24)15(25,26)16(27,28)17(29,30)18(31,32)19(33,34)20(35,36)37/h11H,6-10H2,1-5H3. The van der Waals surface area contributed by atoms with E-state index in [-0.39, 0.29) is 24.5 Å². The Morgan fingerprint density at radius 2 is 0.925 bits per heavy atom. The fourth-order valence-corrected chi connectivity index (χ4v) is 4.80. The van der Waals surface area contributed by atoms with E-state index in [1.54, 1.807) is 0 Å². The highest BCUT2D eigenvalue weighted by atomic mass is 127. The van der Waals surface area contributed by atoms with Crippen LogP contribution in [0.15, 0.2) is 0 Å². The van der Waals surface area contributed by atoms with E-state index in [9.17, 15) is 74.6 Å². The highest BCUT2D eigenvalue weighted by Crippen LogP contribution is 2.64. The Labute approximate surface area is 232 Å². The smallest absolute Gasteiger partial charge is 0.417 e. The third-order valence-corrected chi connectivity index (χ3v) is 12.0. The van der Waals surface area contributed by atoms with Gasteiger partial charge in [0.1, 0.15) is 0 Å². The SMILES string of the molecule is CC(C)(C)[Si](C)(C)OCCCCC(I)CC(F)(F)C(F)(F)C(F)(F)C(F)(F)C(F)(F)C(F)(F)C(F)(F)C(F)(F)F. The molecule has 0 aromatic heterocycles. The lowest BCUT2D eigenvalue weighted by Crippen LogP contribution is -2.74. The van der Waals surface area contributed by atoms with Crippen LogP contribution in [0.5, 0.6) is 0 Å². The van der Waals surface area contributed by atoms with Crippen LogP contribution in [0.3, 0.4) is 0 Å². The van der Waals surface area contributed by atoms with Crippen LogP contribution in [0.1, 0.15) is 46.5 Å². The average Bonchev–Trinajstić information content (AvgIpc) is 2.70. The largest absolute Gasteiger partial charge is 0.460 e. The van der Waals surface area contributed by atoms with Gasteiger partial charge in [-0.1, -0.05) is 49.8 Å². The monoisotopic (exact) mass is 760 g/mol. The third kappa shape index (κ3) is 6.92. The van der Waals surface area contributed by atoms with Crippen LogP contribution >= 0.6 is 22.6 Å². The van der Waals surface area contributed by atoms with E-state index >= 15 is 0 Å².